The minimum atomic E-state index is -1.05. The van der Waals surface area contributed by atoms with E-state index < -0.39 is 5.97 Å². The highest BCUT2D eigenvalue weighted by atomic mass is 79.9. The molecule has 0 amide bonds. The molecule has 0 aliphatic heterocycles. The number of carboxylic acid groups (broad SMARTS) is 1. The molecule has 0 fully saturated rings. The fourth-order valence-corrected chi connectivity index (χ4v) is 2.24. The molecule has 94 valence electrons. The summed E-state index contributed by atoms with van der Waals surface area (Å²) in [6, 6.07) is 7.68. The number of hydrogen-bond acceptors (Lipinski definition) is 3. The van der Waals surface area contributed by atoms with Crippen LogP contribution >= 0.6 is 15.9 Å². The Morgan fingerprint density at radius 1 is 1.32 bits per heavy atom. The third-order valence-electron chi connectivity index (χ3n) is 2.74. The molecular weight excluding hydrogens is 310 g/mol. The molecule has 0 bridgehead atoms. The Bertz CT molecular complexity index is 782. The molecule has 0 radical (unpaired) electrons. The Hall–Kier alpha value is -2.21. The van der Waals surface area contributed by atoms with E-state index in [0.717, 1.165) is 21.1 Å². The van der Waals surface area contributed by atoms with Crippen molar-refractivity contribution in [2.75, 3.05) is 0 Å². The summed E-state index contributed by atoms with van der Waals surface area (Å²) < 4.78 is 2.56. The van der Waals surface area contributed by atoms with Crippen molar-refractivity contribution >= 4 is 32.8 Å². The van der Waals surface area contributed by atoms with Crippen molar-refractivity contribution < 1.29 is 9.90 Å². The molecule has 6 heteroatoms. The van der Waals surface area contributed by atoms with Crippen molar-refractivity contribution in [3.05, 3.63) is 53.2 Å². The maximum absolute atomic E-state index is 10.9. The van der Waals surface area contributed by atoms with Gasteiger partial charge >= 0.3 is 5.97 Å². The highest BCUT2D eigenvalue weighted by molar-refractivity contribution is 9.10. The highest BCUT2D eigenvalue weighted by Gasteiger charge is 2.10. The minimum Gasteiger partial charge on any atom is -0.476 e. The summed E-state index contributed by atoms with van der Waals surface area (Å²) >= 11 is 3.38. The summed E-state index contributed by atoms with van der Waals surface area (Å²) in [5.74, 6) is -1.05. The number of para-hydroxylation sites is 1. The number of aromatic carboxylic acids is 1. The van der Waals surface area contributed by atoms with E-state index in [0.29, 0.717) is 0 Å². The average molecular weight is 318 g/mol. The zero-order valence-electron chi connectivity index (χ0n) is 9.62. The predicted octanol–water partition coefficient (Wildman–Crippen LogP) is 2.88. The number of pyridine rings is 1. The van der Waals surface area contributed by atoms with Gasteiger partial charge in [-0.05, 0) is 28.1 Å². The first-order valence-corrected chi connectivity index (χ1v) is 6.26. The van der Waals surface area contributed by atoms with Crippen molar-refractivity contribution in [3.8, 4) is 5.69 Å². The molecule has 1 N–H and O–H groups in total. The van der Waals surface area contributed by atoms with Crippen molar-refractivity contribution in [2.45, 2.75) is 0 Å². The summed E-state index contributed by atoms with van der Waals surface area (Å²) in [5.41, 5.74) is 1.60. The summed E-state index contributed by atoms with van der Waals surface area (Å²) in [7, 11) is 0. The number of benzene rings is 1. The zero-order valence-corrected chi connectivity index (χ0v) is 11.2. The second-order valence-electron chi connectivity index (χ2n) is 3.97. The Morgan fingerprint density at radius 3 is 2.89 bits per heavy atom. The normalized spacial score (nSPS) is 10.8. The maximum atomic E-state index is 10.9. The van der Waals surface area contributed by atoms with Crippen molar-refractivity contribution in [3.63, 3.8) is 0 Å². The van der Waals surface area contributed by atoms with Gasteiger partial charge in [0.15, 0.2) is 5.69 Å². The van der Waals surface area contributed by atoms with Gasteiger partial charge in [-0.15, -0.1) is 0 Å². The van der Waals surface area contributed by atoms with Gasteiger partial charge in [0.25, 0.3) is 0 Å². The third-order valence-corrected chi connectivity index (χ3v) is 3.17. The number of carboxylic acids is 1. The van der Waals surface area contributed by atoms with E-state index in [1.807, 2.05) is 24.3 Å². The molecule has 3 aromatic rings. The summed E-state index contributed by atoms with van der Waals surface area (Å²) in [6.45, 7) is 0. The zero-order chi connectivity index (χ0) is 13.4. The largest absolute Gasteiger partial charge is 0.476 e. The van der Waals surface area contributed by atoms with E-state index in [9.17, 15) is 4.79 Å². The van der Waals surface area contributed by atoms with Gasteiger partial charge in [0, 0.05) is 22.3 Å². The number of rotatable bonds is 2. The first kappa shape index (κ1) is 11.9. The van der Waals surface area contributed by atoms with Crippen LogP contribution in [0, 0.1) is 0 Å². The van der Waals surface area contributed by atoms with Crippen molar-refractivity contribution in [2.24, 2.45) is 0 Å². The number of carbonyl (C=O) groups is 1. The first-order valence-electron chi connectivity index (χ1n) is 5.47. The molecule has 0 aliphatic rings. The second-order valence-corrected chi connectivity index (χ2v) is 4.89. The van der Waals surface area contributed by atoms with Crippen LogP contribution in [-0.2, 0) is 0 Å². The second kappa shape index (κ2) is 4.47. The fraction of sp³-hybridized carbons (Fsp3) is 0. The van der Waals surface area contributed by atoms with Crippen molar-refractivity contribution in [1.29, 1.82) is 0 Å². The van der Waals surface area contributed by atoms with E-state index in [4.69, 9.17) is 5.11 Å². The molecule has 0 unspecified atom stereocenters. The van der Waals surface area contributed by atoms with Gasteiger partial charge in [-0.25, -0.2) is 9.78 Å². The number of fused-ring (bicyclic) bond motifs is 1. The summed E-state index contributed by atoms with van der Waals surface area (Å²) in [4.78, 5) is 19.1. The number of imidazole rings is 1. The molecular formula is C13H8BrN3O2. The first-order chi connectivity index (χ1) is 9.15. The smallest absolute Gasteiger partial charge is 0.356 e. The Kier molecular flexibility index (Phi) is 2.79. The quantitative estimate of drug-likeness (QED) is 0.789. The highest BCUT2D eigenvalue weighted by Crippen LogP contribution is 2.23. The van der Waals surface area contributed by atoms with E-state index in [1.165, 1.54) is 12.5 Å². The number of aromatic nitrogens is 3. The van der Waals surface area contributed by atoms with Gasteiger partial charge in [-0.3, -0.25) is 4.98 Å². The SMILES string of the molecule is O=C(O)c1cn(-c2cccc3cc(Br)cnc23)cn1. The Balaban J connectivity index is 2.21. The fourth-order valence-electron chi connectivity index (χ4n) is 1.89. The number of halogens is 1. The van der Waals surface area contributed by atoms with Gasteiger partial charge in [0.2, 0.25) is 0 Å². The molecule has 0 spiro atoms. The monoisotopic (exact) mass is 317 g/mol. The van der Waals surface area contributed by atoms with Gasteiger partial charge in [0.1, 0.15) is 6.33 Å². The lowest BCUT2D eigenvalue weighted by Crippen LogP contribution is -1.96. The van der Waals surface area contributed by atoms with Gasteiger partial charge < -0.3 is 9.67 Å². The Labute approximate surface area is 116 Å². The summed E-state index contributed by atoms with van der Waals surface area (Å²) in [5, 5.41) is 9.87. The number of nitrogens with zero attached hydrogens (tertiary/aromatic N) is 3. The molecule has 5 nitrogen and oxygen atoms in total. The average Bonchev–Trinajstić information content (AvgIpc) is 2.87. The molecule has 2 aromatic heterocycles. The van der Waals surface area contributed by atoms with E-state index >= 15 is 0 Å². The van der Waals surface area contributed by atoms with Crippen LogP contribution in [0.25, 0.3) is 16.6 Å². The van der Waals surface area contributed by atoms with Crippen LogP contribution in [0.15, 0.2) is 47.5 Å². The Morgan fingerprint density at radius 2 is 2.16 bits per heavy atom. The maximum Gasteiger partial charge on any atom is 0.356 e. The van der Waals surface area contributed by atoms with Crippen LogP contribution in [-0.4, -0.2) is 25.6 Å². The molecule has 0 atom stereocenters. The lowest BCUT2D eigenvalue weighted by molar-refractivity contribution is 0.0691. The predicted molar refractivity (Wildman–Crippen MR) is 73.5 cm³/mol. The van der Waals surface area contributed by atoms with Crippen LogP contribution in [0.1, 0.15) is 10.5 Å². The minimum absolute atomic E-state index is 0.00844. The van der Waals surface area contributed by atoms with Crippen molar-refractivity contribution in [1.82, 2.24) is 14.5 Å². The molecule has 0 aliphatic carbocycles. The van der Waals surface area contributed by atoms with Crippen LogP contribution < -0.4 is 0 Å². The van der Waals surface area contributed by atoms with Crippen LogP contribution in [0.5, 0.6) is 0 Å². The lowest BCUT2D eigenvalue weighted by atomic mass is 10.2. The van der Waals surface area contributed by atoms with E-state index in [2.05, 4.69) is 25.9 Å². The van der Waals surface area contributed by atoms with Gasteiger partial charge in [0.05, 0.1) is 11.2 Å². The standard InChI is InChI=1S/C13H8BrN3O2/c14-9-4-8-2-1-3-11(12(8)15-5-9)17-6-10(13(18)19)16-7-17/h1-7H,(H,18,19). The third kappa shape index (κ3) is 2.10. The molecule has 0 saturated carbocycles. The molecule has 19 heavy (non-hydrogen) atoms. The summed E-state index contributed by atoms with van der Waals surface area (Å²) in [6.07, 6.45) is 4.66. The van der Waals surface area contributed by atoms with Crippen LogP contribution in [0.2, 0.25) is 0 Å². The van der Waals surface area contributed by atoms with E-state index in [1.54, 1.807) is 10.8 Å². The molecule has 0 saturated heterocycles. The molecule has 3 rings (SSSR count). The molecule has 2 heterocycles. The van der Waals surface area contributed by atoms with Gasteiger partial charge in [-0.2, -0.15) is 0 Å². The van der Waals surface area contributed by atoms with E-state index in [-0.39, 0.29) is 5.69 Å². The number of hydrogen-bond donors (Lipinski definition) is 1. The topological polar surface area (TPSA) is 68.0 Å². The van der Waals surface area contributed by atoms with Crippen LogP contribution in [0.4, 0.5) is 0 Å². The lowest BCUT2D eigenvalue weighted by Gasteiger charge is -2.06. The molecule has 1 aromatic carbocycles. The van der Waals surface area contributed by atoms with Crippen LogP contribution in [0.3, 0.4) is 0 Å². The van der Waals surface area contributed by atoms with Gasteiger partial charge in [-0.1, -0.05) is 12.1 Å².